The standard InChI is InChI=1S/C2N4O3.K.H/c7-2-1(6(8)9)3-5-4-2;;/q;+1;-1. The van der Waals surface area contributed by atoms with Crippen LogP contribution >= 0.6 is 0 Å². The predicted octanol–water partition coefficient (Wildman–Crippen LogP) is -3.31. The van der Waals surface area contributed by atoms with E-state index in [1.165, 1.54) is 0 Å². The van der Waals surface area contributed by atoms with Gasteiger partial charge in [-0.2, -0.15) is 0 Å². The van der Waals surface area contributed by atoms with Crippen molar-refractivity contribution in [1.82, 2.24) is 0 Å². The quantitative estimate of drug-likeness (QED) is 0.215. The maximum Gasteiger partial charge on any atom is 1.00 e. The Morgan fingerprint density at radius 3 is 2.40 bits per heavy atom. The predicted molar refractivity (Wildman–Crippen MR) is 25.4 cm³/mol. The third-order valence-corrected chi connectivity index (χ3v) is 0.639. The van der Waals surface area contributed by atoms with Gasteiger partial charge < -0.3 is 11.5 Å². The monoisotopic (exact) mass is 168 g/mol. The maximum absolute atomic E-state index is 10.2. The third-order valence-electron chi connectivity index (χ3n) is 0.639. The van der Waals surface area contributed by atoms with E-state index in [2.05, 4.69) is 15.4 Å². The number of carbonyl (C=O) groups excluding carboxylic acids is 1. The Hall–Kier alpha value is -0.0236. The Morgan fingerprint density at radius 1 is 1.60 bits per heavy atom. The van der Waals surface area contributed by atoms with Crippen LogP contribution in [0.5, 0.6) is 0 Å². The van der Waals surface area contributed by atoms with Gasteiger partial charge >= 0.3 is 63.1 Å². The van der Waals surface area contributed by atoms with Gasteiger partial charge in [0.1, 0.15) is 5.10 Å². The van der Waals surface area contributed by atoms with Crippen LogP contribution in [-0.4, -0.2) is 16.7 Å². The fraction of sp³-hybridized carbons (Fsp3) is 0. The molecule has 0 atom stereocenters. The van der Waals surface area contributed by atoms with Crippen LogP contribution in [0.3, 0.4) is 0 Å². The summed E-state index contributed by atoms with van der Waals surface area (Å²) < 4.78 is 0. The summed E-state index contributed by atoms with van der Waals surface area (Å²) in [7, 11) is 0. The molecule has 1 amide bonds. The number of hydrogen-bond donors (Lipinski definition) is 0. The molecule has 1 aliphatic heterocycles. The second-order valence-corrected chi connectivity index (χ2v) is 1.18. The molecule has 0 aliphatic carbocycles. The van der Waals surface area contributed by atoms with Crippen molar-refractivity contribution in [3.05, 3.63) is 10.1 Å². The first-order valence-corrected chi connectivity index (χ1v) is 1.89. The van der Waals surface area contributed by atoms with Crippen molar-refractivity contribution in [3.63, 3.8) is 0 Å². The van der Waals surface area contributed by atoms with Crippen molar-refractivity contribution in [2.75, 3.05) is 0 Å². The summed E-state index contributed by atoms with van der Waals surface area (Å²) in [4.78, 5) is 19.0. The van der Waals surface area contributed by atoms with Crippen LogP contribution in [0.2, 0.25) is 0 Å². The van der Waals surface area contributed by atoms with E-state index in [1.807, 2.05) is 0 Å². The molecule has 0 radical (unpaired) electrons. The van der Waals surface area contributed by atoms with Crippen LogP contribution in [-0.2, 0) is 4.79 Å². The van der Waals surface area contributed by atoms with E-state index in [-0.39, 0.29) is 52.8 Å². The van der Waals surface area contributed by atoms with Gasteiger partial charge in [-0.1, -0.05) is 5.11 Å². The van der Waals surface area contributed by atoms with E-state index < -0.39 is 16.7 Å². The average molecular weight is 168 g/mol. The van der Waals surface area contributed by atoms with Gasteiger partial charge in [0.05, 0.1) is 5.22 Å². The fourth-order valence-corrected chi connectivity index (χ4v) is 0.307. The third kappa shape index (κ3) is 1.99. The summed E-state index contributed by atoms with van der Waals surface area (Å²) in [6.45, 7) is 0. The van der Waals surface area contributed by atoms with Crippen molar-refractivity contribution in [2.45, 2.75) is 0 Å². The second kappa shape index (κ2) is 3.98. The average Bonchev–Trinajstić information content (AvgIpc) is 2.13. The molecule has 0 N–H and O–H groups in total. The molecule has 0 saturated heterocycles. The normalized spacial score (nSPS) is 14.4. The molecule has 0 aromatic heterocycles. The number of rotatable bonds is 0. The fourth-order valence-electron chi connectivity index (χ4n) is 0.307. The minimum atomic E-state index is -1.000. The Labute approximate surface area is 98.6 Å². The van der Waals surface area contributed by atoms with Crippen LogP contribution in [0.25, 0.3) is 0 Å². The van der Waals surface area contributed by atoms with Gasteiger partial charge in [-0.25, -0.2) is 0 Å². The van der Waals surface area contributed by atoms with Gasteiger partial charge in [-0.05, 0) is 4.92 Å². The van der Waals surface area contributed by atoms with E-state index in [0.29, 0.717) is 0 Å². The molecule has 0 bridgehead atoms. The van der Waals surface area contributed by atoms with Crippen LogP contribution in [0, 0.1) is 10.1 Å². The number of nitrogens with zero attached hydrogens (tertiary/aromatic N) is 4. The molecule has 0 unspecified atom stereocenters. The van der Waals surface area contributed by atoms with E-state index in [1.54, 1.807) is 0 Å². The van der Waals surface area contributed by atoms with Gasteiger partial charge in [0.15, 0.2) is 0 Å². The molecule has 1 aliphatic rings. The van der Waals surface area contributed by atoms with E-state index in [0.717, 1.165) is 0 Å². The van der Waals surface area contributed by atoms with Crippen LogP contribution in [0.1, 0.15) is 1.43 Å². The number of amidine groups is 1. The molecule has 0 saturated carbocycles. The van der Waals surface area contributed by atoms with Gasteiger partial charge in [-0.3, -0.25) is 4.79 Å². The Morgan fingerprint density at radius 2 is 2.20 bits per heavy atom. The van der Waals surface area contributed by atoms with Gasteiger partial charge in [0, 0.05) is 0 Å². The number of nitro groups is 1. The Balaban J connectivity index is 0. The van der Waals surface area contributed by atoms with Crippen molar-refractivity contribution >= 4 is 11.7 Å². The molecule has 0 fully saturated rings. The summed E-state index contributed by atoms with van der Waals surface area (Å²) in [5, 5.41) is 18.2. The number of amides is 1. The van der Waals surface area contributed by atoms with Crippen molar-refractivity contribution in [3.8, 4) is 0 Å². The van der Waals surface area contributed by atoms with E-state index in [4.69, 9.17) is 0 Å². The second-order valence-electron chi connectivity index (χ2n) is 1.18. The SMILES string of the molecule is O=C1N=NN=C1[N+](=O)[O-].[H-].[K+]. The van der Waals surface area contributed by atoms with Crippen LogP contribution in [0.4, 0.5) is 0 Å². The molecule has 0 aromatic carbocycles. The topological polar surface area (TPSA) is 97.3 Å². The molecule has 10 heavy (non-hydrogen) atoms. The summed E-state index contributed by atoms with van der Waals surface area (Å²) in [6.07, 6.45) is 0. The van der Waals surface area contributed by atoms with E-state index >= 15 is 0 Å². The van der Waals surface area contributed by atoms with Gasteiger partial charge in [0.2, 0.25) is 0 Å². The van der Waals surface area contributed by atoms with Crippen LogP contribution < -0.4 is 51.4 Å². The molecule has 48 valence electrons. The summed E-state index contributed by atoms with van der Waals surface area (Å²) in [5.41, 5.74) is 0. The smallest absolute Gasteiger partial charge is 1.00 e. The summed E-state index contributed by atoms with van der Waals surface area (Å²) in [5.74, 6) is -1.82. The molecular formula is C2HKN4O3. The van der Waals surface area contributed by atoms with Crippen molar-refractivity contribution < 1.29 is 62.5 Å². The molecule has 7 nitrogen and oxygen atoms in total. The first-order chi connectivity index (χ1) is 4.22. The molecule has 0 spiro atoms. The Kier molecular flexibility index (Phi) is 3.97. The van der Waals surface area contributed by atoms with E-state index in [9.17, 15) is 14.9 Å². The first kappa shape index (κ1) is 9.98. The molecule has 1 heterocycles. The first-order valence-electron chi connectivity index (χ1n) is 1.89. The zero-order chi connectivity index (χ0) is 6.85. The van der Waals surface area contributed by atoms with Gasteiger partial charge in [-0.15, -0.1) is 0 Å². The zero-order valence-corrected chi connectivity index (χ0v) is 8.14. The largest absolute Gasteiger partial charge is 1.00 e. The van der Waals surface area contributed by atoms with Crippen molar-refractivity contribution in [2.24, 2.45) is 15.4 Å². The number of hydrogen-bond acceptors (Lipinski definition) is 5. The summed E-state index contributed by atoms with van der Waals surface area (Å²) >= 11 is 0. The van der Waals surface area contributed by atoms with Gasteiger partial charge in [0.25, 0.3) is 0 Å². The Bertz CT molecular complexity index is 237. The molecule has 0 aromatic rings. The maximum atomic E-state index is 10.2. The number of carbonyl (C=O) groups is 1. The minimum Gasteiger partial charge on any atom is -1.00 e. The minimum absolute atomic E-state index is 0. The molecule has 1 rings (SSSR count). The molecular weight excluding hydrogens is 167 g/mol. The molecule has 8 heteroatoms. The van der Waals surface area contributed by atoms with Crippen LogP contribution in [0.15, 0.2) is 15.4 Å². The van der Waals surface area contributed by atoms with Crippen molar-refractivity contribution in [1.29, 1.82) is 0 Å². The zero-order valence-electron chi connectivity index (χ0n) is 6.01. The summed E-state index contributed by atoms with van der Waals surface area (Å²) in [6, 6.07) is 0.